The molecule has 3 aromatic rings. The molecule has 29 heavy (non-hydrogen) atoms. The van der Waals surface area contributed by atoms with E-state index in [-0.39, 0.29) is 5.91 Å². The molecule has 1 N–H and O–H groups in total. The molecule has 10 nitrogen and oxygen atoms in total. The van der Waals surface area contributed by atoms with Crippen LogP contribution in [-0.2, 0) is 7.05 Å². The maximum absolute atomic E-state index is 12.8. The fraction of sp³-hybridized carbons (Fsp3) is 0.316. The number of hydrogen-bond acceptors (Lipinski definition) is 8. The summed E-state index contributed by atoms with van der Waals surface area (Å²) in [5.74, 6) is 1.71. The van der Waals surface area contributed by atoms with E-state index < -0.39 is 0 Å². The van der Waals surface area contributed by atoms with Gasteiger partial charge in [-0.1, -0.05) is 0 Å². The number of nitrogens with one attached hydrogen (secondary N) is 1. The highest BCUT2D eigenvalue weighted by Gasteiger charge is 2.26. The number of rotatable bonds is 5. The number of amides is 1. The third kappa shape index (κ3) is 4.10. The van der Waals surface area contributed by atoms with Crippen molar-refractivity contribution in [3.63, 3.8) is 0 Å². The van der Waals surface area contributed by atoms with Crippen molar-refractivity contribution in [1.82, 2.24) is 29.9 Å². The van der Waals surface area contributed by atoms with Gasteiger partial charge in [0.1, 0.15) is 5.56 Å². The maximum Gasteiger partial charge on any atom is 0.261 e. The highest BCUT2D eigenvalue weighted by molar-refractivity contribution is 5.96. The Morgan fingerprint density at radius 1 is 1.14 bits per heavy atom. The molecule has 150 valence electrons. The van der Waals surface area contributed by atoms with Gasteiger partial charge in [-0.05, 0) is 24.3 Å². The third-order valence-electron chi connectivity index (χ3n) is 4.69. The van der Waals surface area contributed by atoms with Gasteiger partial charge in [-0.15, -0.1) is 15.3 Å². The number of carbonyl (C=O) groups excluding carboxylic acids is 1. The quantitative estimate of drug-likeness (QED) is 0.691. The van der Waals surface area contributed by atoms with Gasteiger partial charge < -0.3 is 19.9 Å². The summed E-state index contributed by atoms with van der Waals surface area (Å²) < 4.78 is 6.79. The molecule has 1 amide bonds. The predicted octanol–water partition coefficient (Wildman–Crippen LogP) is 1.32. The van der Waals surface area contributed by atoms with Crippen LogP contribution in [-0.4, -0.2) is 69.1 Å². The van der Waals surface area contributed by atoms with E-state index in [2.05, 4.69) is 30.5 Å². The van der Waals surface area contributed by atoms with Gasteiger partial charge in [0.2, 0.25) is 5.88 Å². The van der Waals surface area contributed by atoms with Crippen LogP contribution in [0.2, 0.25) is 0 Å². The lowest BCUT2D eigenvalue weighted by atomic mass is 10.2. The SMILES string of the molecule is COc1nn(C)cc1C(=O)N1CCN(c2ccc(Nc3cccnc3)nn2)CC1. The highest BCUT2D eigenvalue weighted by Crippen LogP contribution is 2.20. The number of nitrogens with zero attached hydrogens (tertiary/aromatic N) is 7. The first-order valence-corrected chi connectivity index (χ1v) is 9.26. The topological polar surface area (TPSA) is 101 Å². The molecule has 1 fully saturated rings. The molecule has 1 aliphatic heterocycles. The summed E-state index contributed by atoms with van der Waals surface area (Å²) in [6.45, 7) is 2.54. The largest absolute Gasteiger partial charge is 0.479 e. The summed E-state index contributed by atoms with van der Waals surface area (Å²) in [6, 6.07) is 7.57. The zero-order valence-corrected chi connectivity index (χ0v) is 16.3. The second kappa shape index (κ2) is 8.13. The second-order valence-corrected chi connectivity index (χ2v) is 6.65. The van der Waals surface area contributed by atoms with Crippen LogP contribution in [0, 0.1) is 0 Å². The number of pyridine rings is 1. The first-order chi connectivity index (χ1) is 14.1. The molecule has 1 aliphatic rings. The number of methoxy groups -OCH3 is 1. The van der Waals surface area contributed by atoms with Crippen molar-refractivity contribution in [2.24, 2.45) is 7.05 Å². The molecule has 0 aliphatic carbocycles. The van der Waals surface area contributed by atoms with Crippen LogP contribution in [0.4, 0.5) is 17.3 Å². The fourth-order valence-corrected chi connectivity index (χ4v) is 3.22. The maximum atomic E-state index is 12.8. The van der Waals surface area contributed by atoms with E-state index in [9.17, 15) is 4.79 Å². The summed E-state index contributed by atoms with van der Waals surface area (Å²) in [5.41, 5.74) is 1.33. The number of anilines is 3. The molecular formula is C19H22N8O2. The standard InChI is InChI=1S/C19H22N8O2/c1-25-13-15(18(24-25)29-2)19(28)27-10-8-26(9-11-27)17-6-5-16(22-23-17)21-14-4-3-7-20-12-14/h3-7,12-13H,8-11H2,1-2H3,(H,21,22). The molecule has 0 saturated carbocycles. The lowest BCUT2D eigenvalue weighted by molar-refractivity contribution is 0.0743. The summed E-state index contributed by atoms with van der Waals surface area (Å²) in [5, 5.41) is 15.9. The number of hydrogen-bond donors (Lipinski definition) is 1. The molecule has 3 aromatic heterocycles. The fourth-order valence-electron chi connectivity index (χ4n) is 3.22. The van der Waals surface area contributed by atoms with Crippen molar-refractivity contribution in [1.29, 1.82) is 0 Å². The Morgan fingerprint density at radius 2 is 1.97 bits per heavy atom. The second-order valence-electron chi connectivity index (χ2n) is 6.65. The molecule has 0 aromatic carbocycles. The van der Waals surface area contributed by atoms with Gasteiger partial charge >= 0.3 is 0 Å². The summed E-state index contributed by atoms with van der Waals surface area (Å²) in [7, 11) is 3.28. The van der Waals surface area contributed by atoms with E-state index in [1.54, 1.807) is 30.3 Å². The Morgan fingerprint density at radius 3 is 2.62 bits per heavy atom. The zero-order valence-electron chi connectivity index (χ0n) is 16.3. The van der Waals surface area contributed by atoms with Crippen molar-refractivity contribution in [3.8, 4) is 5.88 Å². The number of aromatic nitrogens is 5. The van der Waals surface area contributed by atoms with Gasteiger partial charge in [0.25, 0.3) is 5.91 Å². The molecule has 4 heterocycles. The van der Waals surface area contributed by atoms with Crippen molar-refractivity contribution in [2.75, 3.05) is 43.5 Å². The van der Waals surface area contributed by atoms with Crippen molar-refractivity contribution in [2.45, 2.75) is 0 Å². The van der Waals surface area contributed by atoms with Crippen molar-refractivity contribution in [3.05, 3.63) is 48.4 Å². The highest BCUT2D eigenvalue weighted by atomic mass is 16.5. The summed E-state index contributed by atoms with van der Waals surface area (Å²) in [4.78, 5) is 20.8. The van der Waals surface area contributed by atoms with E-state index in [0.717, 1.165) is 11.5 Å². The van der Waals surface area contributed by atoms with E-state index >= 15 is 0 Å². The van der Waals surface area contributed by atoms with Gasteiger partial charge in [0.05, 0.1) is 19.0 Å². The summed E-state index contributed by atoms with van der Waals surface area (Å²) >= 11 is 0. The van der Waals surface area contributed by atoms with Crippen LogP contribution >= 0.6 is 0 Å². The number of aryl methyl sites for hydroxylation is 1. The molecule has 10 heteroatoms. The first kappa shape index (κ1) is 18.7. The zero-order chi connectivity index (χ0) is 20.2. The molecule has 1 saturated heterocycles. The number of piperazine rings is 1. The normalized spacial score (nSPS) is 14.0. The van der Waals surface area contributed by atoms with Crippen molar-refractivity contribution < 1.29 is 9.53 Å². The van der Waals surface area contributed by atoms with Crippen molar-refractivity contribution >= 4 is 23.2 Å². The monoisotopic (exact) mass is 394 g/mol. The molecule has 0 atom stereocenters. The van der Waals surface area contributed by atoms with Gasteiger partial charge in [-0.3, -0.25) is 14.5 Å². The minimum Gasteiger partial charge on any atom is -0.479 e. The Labute approximate surface area is 168 Å². The van der Waals surface area contributed by atoms with E-state index in [1.165, 1.54) is 7.11 Å². The number of ether oxygens (including phenoxy) is 1. The van der Waals surface area contributed by atoms with E-state index in [1.807, 2.05) is 29.2 Å². The minimum absolute atomic E-state index is 0.0725. The molecule has 0 bridgehead atoms. The lowest BCUT2D eigenvalue weighted by Gasteiger charge is -2.35. The van der Waals surface area contributed by atoms with E-state index in [4.69, 9.17) is 4.74 Å². The first-order valence-electron chi connectivity index (χ1n) is 9.26. The Bertz CT molecular complexity index is 966. The van der Waals surface area contributed by atoms with Crippen LogP contribution < -0.4 is 15.0 Å². The summed E-state index contributed by atoms with van der Waals surface area (Å²) in [6.07, 6.45) is 5.13. The van der Waals surface area contributed by atoms with Crippen LogP contribution in [0.25, 0.3) is 0 Å². The number of carbonyl (C=O) groups is 1. The average Bonchev–Trinajstić information content (AvgIpc) is 3.15. The molecule has 0 spiro atoms. The lowest BCUT2D eigenvalue weighted by Crippen LogP contribution is -2.49. The van der Waals surface area contributed by atoms with Gasteiger partial charge in [0, 0.05) is 45.6 Å². The van der Waals surface area contributed by atoms with Crippen LogP contribution in [0.3, 0.4) is 0 Å². The third-order valence-corrected chi connectivity index (χ3v) is 4.69. The molecule has 0 unspecified atom stereocenters. The molecule has 4 rings (SSSR count). The van der Waals surface area contributed by atoms with Crippen LogP contribution in [0.15, 0.2) is 42.9 Å². The van der Waals surface area contributed by atoms with Crippen LogP contribution in [0.5, 0.6) is 5.88 Å². The Kier molecular flexibility index (Phi) is 5.23. The molecular weight excluding hydrogens is 372 g/mol. The average molecular weight is 394 g/mol. The Balaban J connectivity index is 1.36. The van der Waals surface area contributed by atoms with Gasteiger partial charge in [-0.2, -0.15) is 0 Å². The minimum atomic E-state index is -0.0725. The van der Waals surface area contributed by atoms with E-state index in [0.29, 0.717) is 43.4 Å². The molecule has 0 radical (unpaired) electrons. The smallest absolute Gasteiger partial charge is 0.261 e. The Hall–Kier alpha value is -3.69. The predicted molar refractivity (Wildman–Crippen MR) is 107 cm³/mol. The van der Waals surface area contributed by atoms with Gasteiger partial charge in [-0.25, -0.2) is 0 Å². The van der Waals surface area contributed by atoms with Gasteiger partial charge in [0.15, 0.2) is 11.6 Å². The van der Waals surface area contributed by atoms with Crippen LogP contribution in [0.1, 0.15) is 10.4 Å².